The third-order valence-electron chi connectivity index (χ3n) is 9.06. The predicted molar refractivity (Wildman–Crippen MR) is 180 cm³/mol. The molecule has 0 unspecified atom stereocenters. The summed E-state index contributed by atoms with van der Waals surface area (Å²) < 4.78 is 23.2. The Morgan fingerprint density at radius 1 is 1.09 bits per heavy atom. The van der Waals surface area contributed by atoms with Crippen LogP contribution in [0.5, 0.6) is 0 Å². The highest BCUT2D eigenvalue weighted by molar-refractivity contribution is 9.09. The van der Waals surface area contributed by atoms with Gasteiger partial charge in [-0.2, -0.15) is 0 Å². The Kier molecular flexibility index (Phi) is 14.6. The van der Waals surface area contributed by atoms with Crippen LogP contribution in [-0.2, 0) is 38.1 Å². The van der Waals surface area contributed by atoms with Crippen molar-refractivity contribution in [2.45, 2.75) is 109 Å². The van der Waals surface area contributed by atoms with Crippen LogP contribution in [0.15, 0.2) is 36.0 Å². The lowest BCUT2D eigenvalue weighted by Gasteiger charge is -2.39. The molecule has 0 aliphatic carbocycles. The minimum Gasteiger partial charge on any atom is -0.459 e. The van der Waals surface area contributed by atoms with Gasteiger partial charge in [0, 0.05) is 46.6 Å². The van der Waals surface area contributed by atoms with Crippen molar-refractivity contribution in [1.82, 2.24) is 15.1 Å². The van der Waals surface area contributed by atoms with Crippen LogP contribution >= 0.6 is 15.9 Å². The van der Waals surface area contributed by atoms with Gasteiger partial charge in [-0.1, -0.05) is 46.7 Å². The maximum atomic E-state index is 12.9. The number of aliphatic hydroxyl groups excluding tert-OH is 1. The Hall–Kier alpha value is -2.58. The van der Waals surface area contributed by atoms with E-state index >= 15 is 0 Å². The number of carbonyl (C=O) groups is 4. The van der Waals surface area contributed by atoms with Crippen LogP contribution in [0.25, 0.3) is 0 Å². The van der Waals surface area contributed by atoms with E-state index in [9.17, 15) is 24.3 Å². The van der Waals surface area contributed by atoms with Crippen LogP contribution in [0.1, 0.15) is 60.3 Å². The van der Waals surface area contributed by atoms with Gasteiger partial charge in [0.05, 0.1) is 42.7 Å². The molecule has 3 heterocycles. The Labute approximate surface area is 287 Å². The van der Waals surface area contributed by atoms with E-state index in [0.29, 0.717) is 32.5 Å². The van der Waals surface area contributed by atoms with Crippen molar-refractivity contribution >= 4 is 39.6 Å². The molecule has 3 aliphatic rings. The molecule has 12 nitrogen and oxygen atoms in total. The third-order valence-corrected chi connectivity index (χ3v) is 9.54. The average molecular weight is 727 g/mol. The summed E-state index contributed by atoms with van der Waals surface area (Å²) >= 11 is 3.16. The zero-order valence-electron chi connectivity index (χ0n) is 28.6. The lowest BCUT2D eigenvalue weighted by atomic mass is 9.87. The largest absolute Gasteiger partial charge is 0.459 e. The summed E-state index contributed by atoms with van der Waals surface area (Å²) in [4.78, 5) is 51.4. The van der Waals surface area contributed by atoms with E-state index in [-0.39, 0.29) is 53.6 Å². The zero-order valence-corrected chi connectivity index (χ0v) is 30.2. The number of nitrogens with zero attached hydrogens (tertiary/aromatic N) is 2. The second-order valence-electron chi connectivity index (χ2n) is 13.1. The molecular weight excluding hydrogens is 674 g/mol. The van der Waals surface area contributed by atoms with Gasteiger partial charge in [-0.3, -0.25) is 19.2 Å². The number of ether oxygens (including phenoxy) is 4. The van der Waals surface area contributed by atoms with Crippen molar-refractivity contribution in [3.05, 3.63) is 36.0 Å². The van der Waals surface area contributed by atoms with Crippen molar-refractivity contribution in [1.29, 1.82) is 0 Å². The van der Waals surface area contributed by atoms with Crippen LogP contribution in [-0.4, -0.2) is 126 Å². The van der Waals surface area contributed by atoms with Gasteiger partial charge < -0.3 is 39.2 Å². The Balaban J connectivity index is 1.50. The van der Waals surface area contributed by atoms with Crippen LogP contribution < -0.4 is 5.32 Å². The molecule has 13 heteroatoms. The lowest BCUT2D eigenvalue weighted by Crippen LogP contribution is -2.51. The van der Waals surface area contributed by atoms with Gasteiger partial charge in [0.25, 0.3) is 0 Å². The van der Waals surface area contributed by atoms with Crippen molar-refractivity contribution in [2.75, 3.05) is 39.1 Å². The van der Waals surface area contributed by atoms with Crippen LogP contribution in [0.4, 0.5) is 0 Å². The quantitative estimate of drug-likeness (QED) is 0.0907. The van der Waals surface area contributed by atoms with E-state index in [1.54, 1.807) is 36.9 Å². The number of likely N-dealkylation sites (N-methyl/N-ethyl adjacent to an activating group) is 2. The molecule has 47 heavy (non-hydrogen) atoms. The van der Waals surface area contributed by atoms with Gasteiger partial charge >= 0.3 is 5.97 Å². The highest BCUT2D eigenvalue weighted by atomic mass is 79.9. The maximum absolute atomic E-state index is 12.9. The van der Waals surface area contributed by atoms with Gasteiger partial charge in [-0.05, 0) is 45.6 Å². The Bertz CT molecular complexity index is 1200. The second-order valence-corrected chi connectivity index (χ2v) is 13.7. The van der Waals surface area contributed by atoms with Crippen molar-refractivity contribution in [3.8, 4) is 0 Å². The fourth-order valence-electron chi connectivity index (χ4n) is 5.89. The number of epoxide rings is 1. The van der Waals surface area contributed by atoms with Crippen LogP contribution in [0, 0.1) is 5.92 Å². The smallest absolute Gasteiger partial charge is 0.303 e. The molecule has 0 aromatic rings. The normalized spacial score (nSPS) is 31.5. The Morgan fingerprint density at radius 2 is 1.74 bits per heavy atom. The Morgan fingerprint density at radius 3 is 2.36 bits per heavy atom. The predicted octanol–water partition coefficient (Wildman–Crippen LogP) is 2.67. The minimum atomic E-state index is -0.839. The SMILES string of the molecule is CC(=O)O[C@@H](C)/C=C\C(=O)N[C@@H]1C[C@H](C)[C@H](C/C=C(C)/C=C/[C@H]2O[C@H](CC(=O)N(C)CCN(C)C(=O)CBr)C[C@@]3(CO3)[C@@H]2O)O[C@@H]1C. The lowest BCUT2D eigenvalue weighted by molar-refractivity contribution is -0.150. The molecule has 9 atom stereocenters. The molecule has 3 amide bonds. The van der Waals surface area contributed by atoms with Gasteiger partial charge in [-0.25, -0.2) is 0 Å². The van der Waals surface area contributed by atoms with E-state index < -0.39 is 36.0 Å². The number of hydrogen-bond acceptors (Lipinski definition) is 9. The molecule has 3 fully saturated rings. The summed E-state index contributed by atoms with van der Waals surface area (Å²) in [6.45, 7) is 10.3. The molecule has 1 spiro atoms. The average Bonchev–Trinajstić information content (AvgIpc) is 3.79. The first kappa shape index (κ1) is 38.9. The van der Waals surface area contributed by atoms with E-state index in [0.717, 1.165) is 12.0 Å². The first-order valence-corrected chi connectivity index (χ1v) is 17.4. The number of allylic oxidation sites excluding steroid dienone is 2. The number of carbonyl (C=O) groups excluding carboxylic acids is 4. The van der Waals surface area contributed by atoms with E-state index in [4.69, 9.17) is 18.9 Å². The fraction of sp³-hybridized carbons (Fsp3) is 0.706. The van der Waals surface area contributed by atoms with Crippen molar-refractivity contribution in [2.24, 2.45) is 5.92 Å². The highest BCUT2D eigenvalue weighted by Crippen LogP contribution is 2.43. The molecule has 2 N–H and O–H groups in total. The number of esters is 1. The number of aliphatic hydroxyl groups is 1. The van der Waals surface area contributed by atoms with E-state index in [1.807, 2.05) is 26.0 Å². The van der Waals surface area contributed by atoms with Crippen molar-refractivity contribution < 1.29 is 43.2 Å². The first-order chi connectivity index (χ1) is 22.1. The highest BCUT2D eigenvalue weighted by Gasteiger charge is 2.58. The molecule has 3 rings (SSSR count). The topological polar surface area (TPSA) is 147 Å². The maximum Gasteiger partial charge on any atom is 0.303 e. The molecule has 264 valence electrons. The number of alkyl halides is 1. The summed E-state index contributed by atoms with van der Waals surface area (Å²) in [5.74, 6) is -0.604. The molecule has 3 aliphatic heterocycles. The summed E-state index contributed by atoms with van der Waals surface area (Å²) in [5.41, 5.74) is 0.290. The van der Waals surface area contributed by atoms with Gasteiger partial charge in [0.2, 0.25) is 17.7 Å². The molecule has 0 saturated carbocycles. The summed E-state index contributed by atoms with van der Waals surface area (Å²) in [6, 6.07) is -0.140. The molecule has 0 aromatic carbocycles. The number of rotatable bonds is 14. The van der Waals surface area contributed by atoms with Gasteiger partial charge in [0.1, 0.15) is 23.9 Å². The summed E-state index contributed by atoms with van der Waals surface area (Å²) in [7, 11) is 3.41. The van der Waals surface area contributed by atoms with Gasteiger partial charge in [-0.15, -0.1) is 0 Å². The number of nitrogens with one attached hydrogen (secondary N) is 1. The number of amides is 3. The third kappa shape index (κ3) is 11.8. The van der Waals surface area contributed by atoms with Gasteiger partial charge in [0.15, 0.2) is 0 Å². The standard InChI is InChI=1S/C34H52BrN3O9/c1-21(8-11-28-22(2)16-27(24(4)46-28)36-30(40)13-10-23(3)45-25(5)39)9-12-29-33(43)34(20-44-34)18-26(47-29)17-31(41)37(6)14-15-38(7)32(42)19-35/h8-10,12-13,22-24,26-29,33,43H,11,14-20H2,1-7H3,(H,36,40)/b12-9+,13-10-,21-8+/t22-,23-,24+,26+,27+,28-,29+,33+,34+/m0/s1. The second kappa shape index (κ2) is 17.7. The molecule has 0 radical (unpaired) electrons. The first-order valence-electron chi connectivity index (χ1n) is 16.3. The number of halogens is 1. The molecule has 3 saturated heterocycles. The molecule has 0 aromatic heterocycles. The summed E-state index contributed by atoms with van der Waals surface area (Å²) in [6.07, 6.45) is 8.25. The van der Waals surface area contributed by atoms with E-state index in [2.05, 4.69) is 34.2 Å². The van der Waals surface area contributed by atoms with E-state index in [1.165, 1.54) is 13.0 Å². The fourth-order valence-corrected chi connectivity index (χ4v) is 6.32. The van der Waals surface area contributed by atoms with Crippen LogP contribution in [0.3, 0.4) is 0 Å². The number of hydrogen-bond donors (Lipinski definition) is 2. The monoisotopic (exact) mass is 725 g/mol. The zero-order chi connectivity index (χ0) is 34.9. The molecular formula is C34H52BrN3O9. The summed E-state index contributed by atoms with van der Waals surface area (Å²) in [5, 5.41) is 14.2. The minimum absolute atomic E-state index is 0.0227. The molecule has 0 bridgehead atoms. The van der Waals surface area contributed by atoms with Crippen LogP contribution in [0.2, 0.25) is 0 Å². The van der Waals surface area contributed by atoms with Crippen molar-refractivity contribution in [3.63, 3.8) is 0 Å².